The molecule has 0 atom stereocenters. The number of ketones is 1. The highest BCUT2D eigenvalue weighted by molar-refractivity contribution is 7.99. The van der Waals surface area contributed by atoms with Gasteiger partial charge in [0, 0.05) is 6.42 Å². The van der Waals surface area contributed by atoms with Gasteiger partial charge in [0.2, 0.25) is 0 Å². The molecule has 0 radical (unpaired) electrons. The van der Waals surface area contributed by atoms with Gasteiger partial charge in [-0.25, -0.2) is 0 Å². The van der Waals surface area contributed by atoms with Crippen molar-refractivity contribution in [3.05, 3.63) is 33.8 Å². The second kappa shape index (κ2) is 6.12. The van der Waals surface area contributed by atoms with Crippen molar-refractivity contribution >= 4 is 40.7 Å². The van der Waals surface area contributed by atoms with E-state index in [4.69, 9.17) is 23.2 Å². The molecule has 0 amide bonds. The Kier molecular flexibility index (Phi) is 4.78. The van der Waals surface area contributed by atoms with Crippen LogP contribution in [0.1, 0.15) is 29.6 Å². The summed E-state index contributed by atoms with van der Waals surface area (Å²) in [6, 6.07) is 5.20. The van der Waals surface area contributed by atoms with Gasteiger partial charge in [-0.3, -0.25) is 4.79 Å². The summed E-state index contributed by atoms with van der Waals surface area (Å²) in [5.74, 6) is 2.90. The fraction of sp³-hybridized carbons (Fsp3) is 0.462. The molecule has 1 aromatic rings. The average Bonchev–Trinajstić information content (AvgIpc) is 2.30. The minimum Gasteiger partial charge on any atom is -0.294 e. The number of halogens is 2. The SMILES string of the molecule is O=C(CC1CCSCC1)c1c(Cl)cccc1Cl. The Morgan fingerprint density at radius 3 is 2.41 bits per heavy atom. The molecule has 0 saturated carbocycles. The molecule has 17 heavy (non-hydrogen) atoms. The molecule has 1 aliphatic rings. The normalized spacial score (nSPS) is 17.1. The number of thioether (sulfide) groups is 1. The number of benzene rings is 1. The number of rotatable bonds is 3. The van der Waals surface area contributed by atoms with Gasteiger partial charge in [-0.1, -0.05) is 29.3 Å². The summed E-state index contributed by atoms with van der Waals surface area (Å²) in [4.78, 5) is 12.2. The third-order valence-corrected chi connectivity index (χ3v) is 4.74. The molecule has 0 N–H and O–H groups in total. The first-order chi connectivity index (χ1) is 8.18. The molecule has 0 bridgehead atoms. The van der Waals surface area contributed by atoms with Crippen molar-refractivity contribution < 1.29 is 4.79 Å². The van der Waals surface area contributed by atoms with Gasteiger partial charge >= 0.3 is 0 Å². The van der Waals surface area contributed by atoms with Crippen LogP contribution in [0.25, 0.3) is 0 Å². The first-order valence-electron chi connectivity index (χ1n) is 5.73. The van der Waals surface area contributed by atoms with Crippen molar-refractivity contribution in [2.75, 3.05) is 11.5 Å². The maximum atomic E-state index is 12.2. The fourth-order valence-electron chi connectivity index (χ4n) is 2.08. The lowest BCUT2D eigenvalue weighted by molar-refractivity contribution is 0.0959. The maximum Gasteiger partial charge on any atom is 0.166 e. The Labute approximate surface area is 116 Å². The number of hydrogen-bond acceptors (Lipinski definition) is 2. The molecule has 1 aromatic carbocycles. The Hall–Kier alpha value is -0.180. The summed E-state index contributed by atoms with van der Waals surface area (Å²) in [6.07, 6.45) is 2.82. The Bertz CT molecular complexity index is 394. The summed E-state index contributed by atoms with van der Waals surface area (Å²) in [7, 11) is 0. The monoisotopic (exact) mass is 288 g/mol. The Morgan fingerprint density at radius 2 is 1.82 bits per heavy atom. The van der Waals surface area contributed by atoms with Gasteiger partial charge in [0.05, 0.1) is 15.6 Å². The highest BCUT2D eigenvalue weighted by Gasteiger charge is 2.21. The molecule has 1 saturated heterocycles. The van der Waals surface area contributed by atoms with Crippen molar-refractivity contribution in [3.63, 3.8) is 0 Å². The predicted octanol–water partition coefficient (Wildman–Crippen LogP) is 4.71. The molecule has 0 aromatic heterocycles. The number of carbonyl (C=O) groups excluding carboxylic acids is 1. The van der Waals surface area contributed by atoms with E-state index in [9.17, 15) is 4.79 Å². The molecular weight excluding hydrogens is 275 g/mol. The zero-order chi connectivity index (χ0) is 12.3. The first kappa shape index (κ1) is 13.3. The van der Waals surface area contributed by atoms with Gasteiger partial charge in [0.25, 0.3) is 0 Å². The third-order valence-electron chi connectivity index (χ3n) is 3.06. The lowest BCUT2D eigenvalue weighted by atomic mass is 9.93. The van der Waals surface area contributed by atoms with Crippen molar-refractivity contribution in [3.8, 4) is 0 Å². The van der Waals surface area contributed by atoms with Crippen molar-refractivity contribution in [1.82, 2.24) is 0 Å². The highest BCUT2D eigenvalue weighted by Crippen LogP contribution is 2.30. The largest absolute Gasteiger partial charge is 0.294 e. The van der Waals surface area contributed by atoms with Gasteiger partial charge in [-0.15, -0.1) is 0 Å². The molecule has 2 rings (SSSR count). The molecule has 1 aliphatic heterocycles. The van der Waals surface area contributed by atoms with Gasteiger partial charge in [0.15, 0.2) is 5.78 Å². The van der Waals surface area contributed by atoms with Crippen LogP contribution >= 0.6 is 35.0 Å². The molecule has 92 valence electrons. The molecule has 1 heterocycles. The van der Waals surface area contributed by atoms with Crippen LogP contribution in [-0.4, -0.2) is 17.3 Å². The van der Waals surface area contributed by atoms with Gasteiger partial charge in [-0.05, 0) is 42.4 Å². The van der Waals surface area contributed by atoms with E-state index in [2.05, 4.69) is 0 Å². The fourth-order valence-corrected chi connectivity index (χ4v) is 3.89. The topological polar surface area (TPSA) is 17.1 Å². The summed E-state index contributed by atoms with van der Waals surface area (Å²) in [5.41, 5.74) is 0.494. The molecule has 1 fully saturated rings. The van der Waals surface area contributed by atoms with Crippen LogP contribution in [0.5, 0.6) is 0 Å². The molecular formula is C13H14Cl2OS. The average molecular weight is 289 g/mol. The summed E-state index contributed by atoms with van der Waals surface area (Å²) in [5, 5.41) is 0.931. The van der Waals surface area contributed by atoms with Gasteiger partial charge < -0.3 is 0 Å². The Balaban J connectivity index is 2.08. The highest BCUT2D eigenvalue weighted by atomic mass is 35.5. The van der Waals surface area contributed by atoms with Crippen LogP contribution in [0.15, 0.2) is 18.2 Å². The lowest BCUT2D eigenvalue weighted by Crippen LogP contribution is -2.15. The zero-order valence-corrected chi connectivity index (χ0v) is 11.7. The maximum absolute atomic E-state index is 12.2. The smallest absolute Gasteiger partial charge is 0.166 e. The Morgan fingerprint density at radius 1 is 1.24 bits per heavy atom. The summed E-state index contributed by atoms with van der Waals surface area (Å²) < 4.78 is 0. The van der Waals surface area contributed by atoms with Crippen LogP contribution in [0, 0.1) is 5.92 Å². The molecule has 0 spiro atoms. The summed E-state index contributed by atoms with van der Waals surface area (Å²) in [6.45, 7) is 0. The minimum atomic E-state index is 0.0810. The lowest BCUT2D eigenvalue weighted by Gasteiger charge is -2.20. The predicted molar refractivity (Wildman–Crippen MR) is 75.5 cm³/mol. The molecule has 0 unspecified atom stereocenters. The quantitative estimate of drug-likeness (QED) is 0.750. The third kappa shape index (κ3) is 3.40. The second-order valence-corrected chi connectivity index (χ2v) is 6.32. The van der Waals surface area contributed by atoms with Crippen LogP contribution in [0.4, 0.5) is 0 Å². The van der Waals surface area contributed by atoms with E-state index in [1.807, 2.05) is 11.8 Å². The van der Waals surface area contributed by atoms with E-state index in [-0.39, 0.29) is 5.78 Å². The minimum absolute atomic E-state index is 0.0810. The van der Waals surface area contributed by atoms with Crippen LogP contribution in [0.3, 0.4) is 0 Å². The van der Waals surface area contributed by atoms with Gasteiger partial charge in [0.1, 0.15) is 0 Å². The van der Waals surface area contributed by atoms with E-state index >= 15 is 0 Å². The number of Topliss-reactive ketones (excluding diaryl/α,β-unsaturated/α-hetero) is 1. The number of carbonyl (C=O) groups is 1. The van der Waals surface area contributed by atoms with Crippen LogP contribution < -0.4 is 0 Å². The summed E-state index contributed by atoms with van der Waals surface area (Å²) >= 11 is 14.0. The van der Waals surface area contributed by atoms with Crippen molar-refractivity contribution in [2.45, 2.75) is 19.3 Å². The molecule has 0 aliphatic carbocycles. The van der Waals surface area contributed by atoms with E-state index in [0.29, 0.717) is 27.9 Å². The van der Waals surface area contributed by atoms with E-state index in [1.165, 1.54) is 0 Å². The van der Waals surface area contributed by atoms with E-state index in [1.54, 1.807) is 18.2 Å². The van der Waals surface area contributed by atoms with Gasteiger partial charge in [-0.2, -0.15) is 11.8 Å². The van der Waals surface area contributed by atoms with Crippen LogP contribution in [0.2, 0.25) is 10.0 Å². The first-order valence-corrected chi connectivity index (χ1v) is 7.64. The molecule has 4 heteroatoms. The van der Waals surface area contributed by atoms with Crippen molar-refractivity contribution in [1.29, 1.82) is 0 Å². The second-order valence-electron chi connectivity index (χ2n) is 4.28. The van der Waals surface area contributed by atoms with Crippen LogP contribution in [-0.2, 0) is 0 Å². The standard InChI is InChI=1S/C13H14Cl2OS/c14-10-2-1-3-11(15)13(10)12(16)8-9-4-6-17-7-5-9/h1-3,9H,4-8H2. The zero-order valence-electron chi connectivity index (χ0n) is 9.42. The van der Waals surface area contributed by atoms with Crippen molar-refractivity contribution in [2.24, 2.45) is 5.92 Å². The number of hydrogen-bond donors (Lipinski definition) is 0. The molecule has 1 nitrogen and oxygen atoms in total. The van der Waals surface area contributed by atoms with E-state index < -0.39 is 0 Å². The van der Waals surface area contributed by atoms with E-state index in [0.717, 1.165) is 24.3 Å².